The molecule has 1 aromatic heterocycles. The number of benzene rings is 1. The Morgan fingerprint density at radius 3 is 2.41 bits per heavy atom. The fraction of sp³-hybridized carbons (Fsp3) is 0.450. The summed E-state index contributed by atoms with van der Waals surface area (Å²) in [6.07, 6.45) is 2.23. The maximum Gasteiger partial charge on any atom is 0.287 e. The maximum atomic E-state index is 12.6. The first-order valence-electron chi connectivity index (χ1n) is 9.24. The monoisotopic (exact) mass is 369 g/mol. The number of hydrogen-bond acceptors (Lipinski definition) is 4. The Morgan fingerprint density at radius 1 is 1.15 bits per heavy atom. The number of aromatic nitrogens is 2. The standard InChI is InChI=1S/C20H27N5O2/c1-13-5-9-15(10-6-13)21-12-18(26)22-23-19(27)17-11-16(14-7-8-14)24-25(17)20(2,3)4/h5-6,9-11,14,21H,7-8,12H2,1-4H3,(H,22,26)(H,23,27). The molecule has 7 nitrogen and oxygen atoms in total. The summed E-state index contributed by atoms with van der Waals surface area (Å²) in [6.45, 7) is 8.06. The first-order chi connectivity index (χ1) is 12.7. The molecule has 0 atom stereocenters. The molecule has 0 saturated heterocycles. The number of hydrogen-bond donors (Lipinski definition) is 3. The van der Waals surface area contributed by atoms with Crippen molar-refractivity contribution < 1.29 is 9.59 Å². The van der Waals surface area contributed by atoms with Crippen LogP contribution in [0, 0.1) is 6.92 Å². The Labute approximate surface area is 159 Å². The van der Waals surface area contributed by atoms with Crippen LogP contribution < -0.4 is 16.2 Å². The Kier molecular flexibility index (Phi) is 5.21. The number of anilines is 1. The van der Waals surface area contributed by atoms with Gasteiger partial charge in [0.25, 0.3) is 11.8 Å². The molecule has 144 valence electrons. The third kappa shape index (κ3) is 4.87. The number of nitrogens with one attached hydrogen (secondary N) is 3. The first kappa shape index (κ1) is 18.9. The van der Waals surface area contributed by atoms with E-state index in [0.717, 1.165) is 29.8 Å². The van der Waals surface area contributed by atoms with Gasteiger partial charge in [-0.15, -0.1) is 0 Å². The lowest BCUT2D eigenvalue weighted by atomic mass is 10.1. The SMILES string of the molecule is Cc1ccc(NCC(=O)NNC(=O)c2cc(C3CC3)nn2C(C)(C)C)cc1. The minimum absolute atomic E-state index is 0.0647. The van der Waals surface area contributed by atoms with E-state index in [1.165, 1.54) is 0 Å². The lowest BCUT2D eigenvalue weighted by molar-refractivity contribution is -0.120. The van der Waals surface area contributed by atoms with Gasteiger partial charge in [0, 0.05) is 11.6 Å². The summed E-state index contributed by atoms with van der Waals surface area (Å²) in [5.74, 6) is -0.241. The molecule has 0 aliphatic heterocycles. The summed E-state index contributed by atoms with van der Waals surface area (Å²) in [6, 6.07) is 9.57. The van der Waals surface area contributed by atoms with Gasteiger partial charge < -0.3 is 5.32 Å². The van der Waals surface area contributed by atoms with E-state index in [4.69, 9.17) is 0 Å². The van der Waals surface area contributed by atoms with Crippen LogP contribution >= 0.6 is 0 Å². The van der Waals surface area contributed by atoms with Crippen molar-refractivity contribution >= 4 is 17.5 Å². The second kappa shape index (κ2) is 7.42. The molecule has 1 aromatic carbocycles. The number of hydrazine groups is 1. The predicted octanol–water partition coefficient (Wildman–Crippen LogP) is 2.70. The number of rotatable bonds is 5. The number of aryl methyl sites for hydroxylation is 1. The van der Waals surface area contributed by atoms with Crippen LogP contribution in [0.25, 0.3) is 0 Å². The van der Waals surface area contributed by atoms with Gasteiger partial charge in [0.15, 0.2) is 0 Å². The molecule has 0 radical (unpaired) electrons. The molecule has 2 amide bonds. The Balaban J connectivity index is 1.57. The third-order valence-corrected chi connectivity index (χ3v) is 4.41. The van der Waals surface area contributed by atoms with Crippen molar-refractivity contribution in [3.63, 3.8) is 0 Å². The Bertz CT molecular complexity index is 829. The molecule has 3 rings (SSSR count). The molecule has 1 aliphatic rings. The zero-order chi connectivity index (χ0) is 19.6. The molecule has 3 N–H and O–H groups in total. The minimum atomic E-state index is -0.368. The van der Waals surface area contributed by atoms with E-state index in [0.29, 0.717) is 11.6 Å². The summed E-state index contributed by atoms with van der Waals surface area (Å²) in [4.78, 5) is 24.6. The number of carbonyl (C=O) groups excluding carboxylic acids is 2. The summed E-state index contributed by atoms with van der Waals surface area (Å²) in [5, 5.41) is 7.62. The van der Waals surface area contributed by atoms with E-state index in [1.54, 1.807) is 4.68 Å². The highest BCUT2D eigenvalue weighted by Crippen LogP contribution is 2.40. The number of carbonyl (C=O) groups is 2. The van der Waals surface area contributed by atoms with Crippen molar-refractivity contribution in [2.45, 2.75) is 52.0 Å². The van der Waals surface area contributed by atoms with Crippen LogP contribution in [0.5, 0.6) is 0 Å². The predicted molar refractivity (Wildman–Crippen MR) is 104 cm³/mol. The lowest BCUT2D eigenvalue weighted by Crippen LogP contribution is -2.45. The van der Waals surface area contributed by atoms with Gasteiger partial charge in [-0.25, -0.2) is 0 Å². The molecule has 1 heterocycles. The van der Waals surface area contributed by atoms with Gasteiger partial charge in [0.2, 0.25) is 0 Å². The van der Waals surface area contributed by atoms with Crippen LogP contribution in [0.3, 0.4) is 0 Å². The van der Waals surface area contributed by atoms with E-state index < -0.39 is 0 Å². The average Bonchev–Trinajstić information content (AvgIpc) is 3.36. The van der Waals surface area contributed by atoms with Crippen molar-refractivity contribution in [2.24, 2.45) is 0 Å². The fourth-order valence-electron chi connectivity index (χ4n) is 2.74. The summed E-state index contributed by atoms with van der Waals surface area (Å²) in [7, 11) is 0. The van der Waals surface area contributed by atoms with Crippen molar-refractivity contribution in [3.05, 3.63) is 47.3 Å². The number of amides is 2. The normalized spacial score (nSPS) is 13.9. The molecular formula is C20H27N5O2. The summed E-state index contributed by atoms with van der Waals surface area (Å²) in [5.41, 5.74) is 8.02. The first-order valence-corrected chi connectivity index (χ1v) is 9.24. The molecule has 1 aliphatic carbocycles. The molecule has 0 spiro atoms. The second-order valence-electron chi connectivity index (χ2n) is 8.03. The number of nitrogens with zero attached hydrogens (tertiary/aromatic N) is 2. The van der Waals surface area contributed by atoms with Crippen molar-refractivity contribution in [3.8, 4) is 0 Å². The maximum absolute atomic E-state index is 12.6. The van der Waals surface area contributed by atoms with Gasteiger partial charge in [-0.1, -0.05) is 17.7 Å². The van der Waals surface area contributed by atoms with E-state index >= 15 is 0 Å². The Hall–Kier alpha value is -2.83. The third-order valence-electron chi connectivity index (χ3n) is 4.41. The highest BCUT2D eigenvalue weighted by Gasteiger charge is 2.31. The Morgan fingerprint density at radius 2 is 1.81 bits per heavy atom. The van der Waals surface area contributed by atoms with Crippen molar-refractivity contribution in [2.75, 3.05) is 11.9 Å². The largest absolute Gasteiger partial charge is 0.376 e. The minimum Gasteiger partial charge on any atom is -0.376 e. The highest BCUT2D eigenvalue weighted by atomic mass is 16.2. The molecule has 2 aromatic rings. The van der Waals surface area contributed by atoms with Crippen LogP contribution in [0.4, 0.5) is 5.69 Å². The van der Waals surface area contributed by atoms with Crippen LogP contribution in [-0.2, 0) is 10.3 Å². The molecule has 27 heavy (non-hydrogen) atoms. The molecule has 7 heteroatoms. The van der Waals surface area contributed by atoms with Gasteiger partial charge in [-0.3, -0.25) is 25.1 Å². The molecule has 1 saturated carbocycles. The van der Waals surface area contributed by atoms with E-state index in [9.17, 15) is 9.59 Å². The van der Waals surface area contributed by atoms with Crippen LogP contribution in [0.2, 0.25) is 0 Å². The summed E-state index contributed by atoms with van der Waals surface area (Å²) < 4.78 is 1.73. The van der Waals surface area contributed by atoms with Crippen molar-refractivity contribution in [1.29, 1.82) is 0 Å². The fourth-order valence-corrected chi connectivity index (χ4v) is 2.74. The van der Waals surface area contributed by atoms with Crippen LogP contribution in [0.15, 0.2) is 30.3 Å². The molecule has 0 bridgehead atoms. The molecular weight excluding hydrogens is 342 g/mol. The highest BCUT2D eigenvalue weighted by molar-refractivity contribution is 5.94. The van der Waals surface area contributed by atoms with Gasteiger partial charge in [0.05, 0.1) is 17.8 Å². The lowest BCUT2D eigenvalue weighted by Gasteiger charge is -2.22. The van der Waals surface area contributed by atoms with Gasteiger partial charge in [0.1, 0.15) is 5.69 Å². The van der Waals surface area contributed by atoms with E-state index in [2.05, 4.69) is 21.3 Å². The smallest absolute Gasteiger partial charge is 0.287 e. The average molecular weight is 369 g/mol. The molecule has 1 fully saturated rings. The van der Waals surface area contributed by atoms with E-state index in [1.807, 2.05) is 58.0 Å². The topological polar surface area (TPSA) is 88.1 Å². The summed E-state index contributed by atoms with van der Waals surface area (Å²) >= 11 is 0. The molecule has 0 unspecified atom stereocenters. The zero-order valence-electron chi connectivity index (χ0n) is 16.3. The zero-order valence-corrected chi connectivity index (χ0v) is 16.3. The quantitative estimate of drug-likeness (QED) is 0.707. The van der Waals surface area contributed by atoms with Gasteiger partial charge >= 0.3 is 0 Å². The van der Waals surface area contributed by atoms with Gasteiger partial charge in [-0.05, 0) is 58.7 Å². The van der Waals surface area contributed by atoms with Crippen LogP contribution in [0.1, 0.15) is 61.3 Å². The van der Waals surface area contributed by atoms with Gasteiger partial charge in [-0.2, -0.15) is 5.10 Å². The second-order valence-corrected chi connectivity index (χ2v) is 8.03. The van der Waals surface area contributed by atoms with Crippen LogP contribution in [-0.4, -0.2) is 28.1 Å². The van der Waals surface area contributed by atoms with Crippen molar-refractivity contribution in [1.82, 2.24) is 20.6 Å². The van der Waals surface area contributed by atoms with E-state index in [-0.39, 0.29) is 23.9 Å².